The third-order valence-electron chi connectivity index (χ3n) is 3.66. The number of hydrogen-bond acceptors (Lipinski definition) is 7. The van der Waals surface area contributed by atoms with Crippen LogP contribution in [0.2, 0.25) is 0 Å². The van der Waals surface area contributed by atoms with Crippen molar-refractivity contribution in [3.05, 3.63) is 57.7 Å². The van der Waals surface area contributed by atoms with Gasteiger partial charge in [0.1, 0.15) is 11.4 Å². The van der Waals surface area contributed by atoms with Crippen molar-refractivity contribution >= 4 is 23.1 Å². The molecule has 0 amide bonds. The Hall–Kier alpha value is -2.80. The number of nitrogens with zero attached hydrogens (tertiary/aromatic N) is 3. The van der Waals surface area contributed by atoms with Gasteiger partial charge in [0.15, 0.2) is 5.82 Å². The number of anilines is 1. The van der Waals surface area contributed by atoms with Gasteiger partial charge in [-0.05, 0) is 26.8 Å². The summed E-state index contributed by atoms with van der Waals surface area (Å²) in [5.74, 6) is 0.555. The van der Waals surface area contributed by atoms with E-state index in [-0.39, 0.29) is 0 Å². The minimum Gasteiger partial charge on any atom is -0.462 e. The second-order valence-electron chi connectivity index (χ2n) is 5.76. The molecule has 0 bridgehead atoms. The number of ether oxygens (including phenoxy) is 1. The number of thiazole rings is 1. The monoisotopic (exact) mass is 368 g/mol. The maximum absolute atomic E-state index is 12.2. The summed E-state index contributed by atoms with van der Waals surface area (Å²) in [5, 5.41) is 6.18. The summed E-state index contributed by atoms with van der Waals surface area (Å²) < 4.78 is 5.12. The molecule has 0 aliphatic carbocycles. The van der Waals surface area contributed by atoms with Gasteiger partial charge in [0.05, 0.1) is 23.9 Å². The van der Waals surface area contributed by atoms with Gasteiger partial charge in [0, 0.05) is 17.1 Å². The van der Waals surface area contributed by atoms with Crippen LogP contribution in [0.15, 0.2) is 35.8 Å². The SMILES string of the molecule is CCOC(=O)c1cnc(-c2cccc(C)c2)nc1NCc1csc(C)n1. The molecule has 1 N–H and O–H groups in total. The van der Waals surface area contributed by atoms with Crippen molar-refractivity contribution in [1.82, 2.24) is 15.0 Å². The molecule has 0 aliphatic heterocycles. The Morgan fingerprint density at radius 1 is 1.27 bits per heavy atom. The Kier molecular flexibility index (Phi) is 5.58. The Morgan fingerprint density at radius 3 is 2.81 bits per heavy atom. The molecule has 2 aromatic heterocycles. The number of carbonyl (C=O) groups excluding carboxylic acids is 1. The van der Waals surface area contributed by atoms with Gasteiger partial charge in [-0.25, -0.2) is 19.7 Å². The number of benzene rings is 1. The smallest absolute Gasteiger partial charge is 0.343 e. The number of carbonyl (C=O) groups is 1. The molecule has 2 heterocycles. The van der Waals surface area contributed by atoms with Gasteiger partial charge in [-0.1, -0.05) is 23.8 Å². The molecule has 0 atom stereocenters. The molecule has 0 aliphatic rings. The van der Waals surface area contributed by atoms with Crippen LogP contribution in [0.1, 0.15) is 33.5 Å². The van der Waals surface area contributed by atoms with Crippen molar-refractivity contribution in [3.8, 4) is 11.4 Å². The first kappa shape index (κ1) is 18.0. The summed E-state index contributed by atoms with van der Waals surface area (Å²) in [6.07, 6.45) is 1.51. The van der Waals surface area contributed by atoms with Gasteiger partial charge in [0.2, 0.25) is 0 Å². The van der Waals surface area contributed by atoms with E-state index in [9.17, 15) is 4.79 Å². The average Bonchev–Trinajstić information content (AvgIpc) is 3.05. The number of aryl methyl sites for hydroxylation is 2. The second-order valence-corrected chi connectivity index (χ2v) is 6.82. The van der Waals surface area contributed by atoms with Gasteiger partial charge >= 0.3 is 5.97 Å². The second kappa shape index (κ2) is 8.05. The molecule has 0 radical (unpaired) electrons. The maximum atomic E-state index is 12.2. The minimum atomic E-state index is -0.444. The molecule has 6 nitrogen and oxygen atoms in total. The van der Waals surface area contributed by atoms with E-state index < -0.39 is 5.97 Å². The normalized spacial score (nSPS) is 10.6. The minimum absolute atomic E-state index is 0.295. The van der Waals surface area contributed by atoms with Crippen LogP contribution in [0.5, 0.6) is 0 Å². The van der Waals surface area contributed by atoms with Crippen molar-refractivity contribution in [2.75, 3.05) is 11.9 Å². The predicted octanol–water partition coefficient (Wildman–Crippen LogP) is 4.01. The highest BCUT2D eigenvalue weighted by molar-refractivity contribution is 7.09. The number of nitrogens with one attached hydrogen (secondary N) is 1. The van der Waals surface area contributed by atoms with Crippen LogP contribution < -0.4 is 5.32 Å². The molecular formula is C19H20N4O2S. The lowest BCUT2D eigenvalue weighted by Crippen LogP contribution is -2.13. The predicted molar refractivity (Wildman–Crippen MR) is 102 cm³/mol. The summed E-state index contributed by atoms with van der Waals surface area (Å²) in [7, 11) is 0. The van der Waals surface area contributed by atoms with Crippen molar-refractivity contribution in [3.63, 3.8) is 0 Å². The van der Waals surface area contributed by atoms with E-state index in [2.05, 4.69) is 20.3 Å². The molecule has 0 spiro atoms. The Bertz CT molecular complexity index is 923. The van der Waals surface area contributed by atoms with Crippen LogP contribution in [0, 0.1) is 13.8 Å². The molecule has 3 rings (SSSR count). The topological polar surface area (TPSA) is 77.0 Å². The van der Waals surface area contributed by atoms with E-state index in [1.54, 1.807) is 18.3 Å². The van der Waals surface area contributed by atoms with Gasteiger partial charge < -0.3 is 10.1 Å². The van der Waals surface area contributed by atoms with Crippen LogP contribution in [-0.4, -0.2) is 27.5 Å². The van der Waals surface area contributed by atoms with Crippen LogP contribution in [0.3, 0.4) is 0 Å². The van der Waals surface area contributed by atoms with E-state index in [0.717, 1.165) is 21.8 Å². The molecule has 1 aromatic carbocycles. The lowest BCUT2D eigenvalue weighted by Gasteiger charge is -2.11. The summed E-state index contributed by atoms with van der Waals surface area (Å²) in [6, 6.07) is 7.92. The Balaban J connectivity index is 1.93. The van der Waals surface area contributed by atoms with Crippen LogP contribution in [0.4, 0.5) is 5.82 Å². The van der Waals surface area contributed by atoms with Gasteiger partial charge in [-0.15, -0.1) is 11.3 Å². The zero-order valence-electron chi connectivity index (χ0n) is 14.9. The van der Waals surface area contributed by atoms with Crippen molar-refractivity contribution in [1.29, 1.82) is 0 Å². The maximum Gasteiger partial charge on any atom is 0.343 e. The largest absolute Gasteiger partial charge is 0.462 e. The summed E-state index contributed by atoms with van der Waals surface area (Å²) in [6.45, 7) is 6.51. The van der Waals surface area contributed by atoms with Crippen LogP contribution in [0.25, 0.3) is 11.4 Å². The Labute approximate surface area is 156 Å². The van der Waals surface area contributed by atoms with Crippen molar-refractivity contribution in [2.45, 2.75) is 27.3 Å². The quantitative estimate of drug-likeness (QED) is 0.663. The fourth-order valence-electron chi connectivity index (χ4n) is 2.46. The van der Waals surface area contributed by atoms with Crippen molar-refractivity contribution in [2.24, 2.45) is 0 Å². The average molecular weight is 368 g/mol. The fraction of sp³-hybridized carbons (Fsp3) is 0.263. The number of esters is 1. The lowest BCUT2D eigenvalue weighted by molar-refractivity contribution is 0.0526. The summed E-state index contributed by atoms with van der Waals surface area (Å²) in [5.41, 5.74) is 3.23. The highest BCUT2D eigenvalue weighted by Gasteiger charge is 2.17. The number of rotatable bonds is 6. The third-order valence-corrected chi connectivity index (χ3v) is 4.49. The summed E-state index contributed by atoms with van der Waals surface area (Å²) >= 11 is 1.58. The molecule has 0 fully saturated rings. The zero-order chi connectivity index (χ0) is 18.5. The van der Waals surface area contributed by atoms with Gasteiger partial charge in [-0.2, -0.15) is 0 Å². The highest BCUT2D eigenvalue weighted by atomic mass is 32.1. The number of hydrogen-bond donors (Lipinski definition) is 1. The fourth-order valence-corrected chi connectivity index (χ4v) is 3.07. The number of aromatic nitrogens is 3. The lowest BCUT2D eigenvalue weighted by atomic mass is 10.1. The van der Waals surface area contributed by atoms with E-state index in [1.165, 1.54) is 6.20 Å². The summed E-state index contributed by atoms with van der Waals surface area (Å²) in [4.78, 5) is 25.6. The first-order valence-corrected chi connectivity index (χ1v) is 9.21. The van der Waals surface area contributed by atoms with Crippen molar-refractivity contribution < 1.29 is 9.53 Å². The van der Waals surface area contributed by atoms with E-state index in [1.807, 2.05) is 43.5 Å². The van der Waals surface area contributed by atoms with E-state index in [0.29, 0.717) is 30.4 Å². The standard InChI is InChI=1S/C19H20N4O2S/c1-4-25-19(24)16-10-21-17(14-7-5-6-12(2)8-14)23-18(16)20-9-15-11-26-13(3)22-15/h5-8,10-11H,4,9H2,1-3H3,(H,20,21,23). The van der Waals surface area contributed by atoms with Gasteiger partial charge in [0.25, 0.3) is 0 Å². The first-order chi connectivity index (χ1) is 12.6. The molecular weight excluding hydrogens is 348 g/mol. The Morgan fingerprint density at radius 2 is 2.12 bits per heavy atom. The van der Waals surface area contributed by atoms with Gasteiger partial charge in [-0.3, -0.25) is 0 Å². The molecule has 26 heavy (non-hydrogen) atoms. The molecule has 0 saturated heterocycles. The first-order valence-electron chi connectivity index (χ1n) is 8.33. The molecule has 0 saturated carbocycles. The molecule has 7 heteroatoms. The van der Waals surface area contributed by atoms with E-state index in [4.69, 9.17) is 4.74 Å². The third kappa shape index (κ3) is 4.23. The zero-order valence-corrected chi connectivity index (χ0v) is 15.8. The molecule has 0 unspecified atom stereocenters. The van der Waals surface area contributed by atoms with E-state index >= 15 is 0 Å². The molecule has 134 valence electrons. The van der Waals surface area contributed by atoms with Crippen LogP contribution in [-0.2, 0) is 11.3 Å². The van der Waals surface area contributed by atoms with Crippen LogP contribution >= 0.6 is 11.3 Å². The molecule has 3 aromatic rings. The highest BCUT2D eigenvalue weighted by Crippen LogP contribution is 2.22.